The predicted octanol–water partition coefficient (Wildman–Crippen LogP) is 2.23. The van der Waals surface area contributed by atoms with E-state index in [9.17, 15) is 9.59 Å². The summed E-state index contributed by atoms with van der Waals surface area (Å²) in [6.07, 6.45) is 2.86. The quantitative estimate of drug-likeness (QED) is 0.853. The fraction of sp³-hybridized carbons (Fsp3) is 0.0714. The monoisotopic (exact) mass is 257 g/mol. The molecule has 0 amide bonds. The molecule has 2 aromatic rings. The molecule has 0 aliphatic carbocycles. The average molecular weight is 257 g/mol. The average Bonchev–Trinajstić information content (AvgIpc) is 2.46. The Labute approximate surface area is 109 Å². The molecule has 19 heavy (non-hydrogen) atoms. The molecular weight excluding hydrogens is 246 g/mol. The van der Waals surface area contributed by atoms with Gasteiger partial charge in [-0.3, -0.25) is 4.98 Å². The van der Waals surface area contributed by atoms with Crippen LogP contribution in [0.3, 0.4) is 0 Å². The first-order valence-electron chi connectivity index (χ1n) is 5.49. The van der Waals surface area contributed by atoms with Crippen molar-refractivity contribution in [3.63, 3.8) is 0 Å². The van der Waals surface area contributed by atoms with Gasteiger partial charge in [0.05, 0.1) is 18.2 Å². The van der Waals surface area contributed by atoms with Gasteiger partial charge in [-0.1, -0.05) is 12.1 Å². The van der Waals surface area contributed by atoms with Crippen LogP contribution in [0.2, 0.25) is 0 Å². The lowest BCUT2D eigenvalue weighted by Crippen LogP contribution is -2.00. The van der Waals surface area contributed by atoms with Crippen LogP contribution >= 0.6 is 0 Å². The number of aromatic carboxylic acids is 1. The number of carbonyl (C=O) groups excluding carboxylic acids is 1. The summed E-state index contributed by atoms with van der Waals surface area (Å²) < 4.78 is 4.60. The number of rotatable bonds is 3. The predicted molar refractivity (Wildman–Crippen MR) is 68.0 cm³/mol. The minimum absolute atomic E-state index is 0.120. The minimum atomic E-state index is -1.03. The van der Waals surface area contributed by atoms with Gasteiger partial charge >= 0.3 is 11.9 Å². The van der Waals surface area contributed by atoms with E-state index in [0.29, 0.717) is 11.1 Å². The van der Waals surface area contributed by atoms with Crippen molar-refractivity contribution in [2.75, 3.05) is 7.11 Å². The van der Waals surface area contributed by atoms with Gasteiger partial charge < -0.3 is 9.84 Å². The number of benzene rings is 1. The third-order valence-corrected chi connectivity index (χ3v) is 2.62. The summed E-state index contributed by atoms with van der Waals surface area (Å²) in [6.45, 7) is 0. The van der Waals surface area contributed by atoms with Crippen molar-refractivity contribution in [1.29, 1.82) is 0 Å². The van der Waals surface area contributed by atoms with E-state index in [-0.39, 0.29) is 5.56 Å². The molecule has 0 saturated carbocycles. The third kappa shape index (κ3) is 2.77. The van der Waals surface area contributed by atoms with Crippen LogP contribution in [0.15, 0.2) is 42.7 Å². The molecule has 96 valence electrons. The molecule has 0 unspecified atom stereocenters. The molecule has 0 atom stereocenters. The Morgan fingerprint density at radius 3 is 2.32 bits per heavy atom. The van der Waals surface area contributed by atoms with Crippen molar-refractivity contribution in [1.82, 2.24) is 4.98 Å². The number of pyridine rings is 1. The number of esters is 1. The van der Waals surface area contributed by atoms with Gasteiger partial charge in [-0.2, -0.15) is 0 Å². The van der Waals surface area contributed by atoms with Gasteiger partial charge in [0, 0.05) is 18.0 Å². The van der Waals surface area contributed by atoms with Crippen molar-refractivity contribution in [3.8, 4) is 11.1 Å². The molecule has 0 saturated heterocycles. The lowest BCUT2D eigenvalue weighted by atomic mass is 10.0. The molecular formula is C14H11NO4. The van der Waals surface area contributed by atoms with Gasteiger partial charge in [-0.15, -0.1) is 0 Å². The fourth-order valence-electron chi connectivity index (χ4n) is 1.63. The van der Waals surface area contributed by atoms with E-state index in [1.54, 1.807) is 30.5 Å². The zero-order valence-electron chi connectivity index (χ0n) is 10.2. The van der Waals surface area contributed by atoms with Crippen molar-refractivity contribution in [2.24, 2.45) is 0 Å². The normalized spacial score (nSPS) is 9.95. The molecule has 1 heterocycles. The highest BCUT2D eigenvalue weighted by atomic mass is 16.5. The van der Waals surface area contributed by atoms with Gasteiger partial charge in [0.2, 0.25) is 0 Å². The van der Waals surface area contributed by atoms with Crippen LogP contribution in [0.5, 0.6) is 0 Å². The Hall–Kier alpha value is -2.69. The number of hydrogen-bond donors (Lipinski definition) is 1. The number of aromatic nitrogens is 1. The SMILES string of the molecule is COC(=O)c1ccc(-c2cncc(C(=O)O)c2)cc1. The molecule has 1 aromatic carbocycles. The number of methoxy groups -OCH3 is 1. The first kappa shape index (κ1) is 12.8. The van der Waals surface area contributed by atoms with Crippen LogP contribution in [0.25, 0.3) is 11.1 Å². The first-order chi connectivity index (χ1) is 9.11. The molecule has 0 aliphatic rings. The van der Waals surface area contributed by atoms with Crippen LogP contribution in [-0.2, 0) is 4.74 Å². The van der Waals surface area contributed by atoms with Gasteiger partial charge in [-0.05, 0) is 23.8 Å². The van der Waals surface area contributed by atoms with E-state index in [2.05, 4.69) is 9.72 Å². The molecule has 0 aliphatic heterocycles. The Morgan fingerprint density at radius 1 is 1.05 bits per heavy atom. The van der Waals surface area contributed by atoms with Gasteiger partial charge in [0.25, 0.3) is 0 Å². The molecule has 0 radical (unpaired) electrons. The third-order valence-electron chi connectivity index (χ3n) is 2.62. The smallest absolute Gasteiger partial charge is 0.337 e. The molecule has 0 fully saturated rings. The topological polar surface area (TPSA) is 76.5 Å². The van der Waals surface area contributed by atoms with Crippen LogP contribution in [0.1, 0.15) is 20.7 Å². The van der Waals surface area contributed by atoms with Gasteiger partial charge in [0.15, 0.2) is 0 Å². The minimum Gasteiger partial charge on any atom is -0.478 e. The number of nitrogens with zero attached hydrogens (tertiary/aromatic N) is 1. The largest absolute Gasteiger partial charge is 0.478 e. The lowest BCUT2D eigenvalue weighted by Gasteiger charge is -2.04. The van der Waals surface area contributed by atoms with E-state index in [4.69, 9.17) is 5.11 Å². The number of ether oxygens (including phenoxy) is 1. The maximum atomic E-state index is 11.3. The zero-order chi connectivity index (χ0) is 13.8. The second kappa shape index (κ2) is 5.30. The van der Waals surface area contributed by atoms with E-state index in [1.165, 1.54) is 19.4 Å². The molecule has 1 N–H and O–H groups in total. The molecule has 0 spiro atoms. The summed E-state index contributed by atoms with van der Waals surface area (Å²) in [5.41, 5.74) is 2.02. The lowest BCUT2D eigenvalue weighted by molar-refractivity contribution is 0.0600. The van der Waals surface area contributed by atoms with E-state index < -0.39 is 11.9 Å². The summed E-state index contributed by atoms with van der Waals surface area (Å²) in [6, 6.07) is 8.20. The summed E-state index contributed by atoms with van der Waals surface area (Å²) in [5, 5.41) is 8.90. The van der Waals surface area contributed by atoms with Crippen molar-refractivity contribution in [3.05, 3.63) is 53.9 Å². The van der Waals surface area contributed by atoms with E-state index >= 15 is 0 Å². The maximum Gasteiger partial charge on any atom is 0.337 e. The molecule has 2 rings (SSSR count). The molecule has 1 aromatic heterocycles. The van der Waals surface area contributed by atoms with Crippen LogP contribution in [0, 0.1) is 0 Å². The Kier molecular flexibility index (Phi) is 3.56. The van der Waals surface area contributed by atoms with Crippen LogP contribution in [0.4, 0.5) is 0 Å². The fourth-order valence-corrected chi connectivity index (χ4v) is 1.63. The zero-order valence-corrected chi connectivity index (χ0v) is 10.2. The standard InChI is InChI=1S/C14H11NO4/c1-19-14(18)10-4-2-9(3-5-10)11-6-12(13(16)17)8-15-7-11/h2-8H,1H3,(H,16,17). The van der Waals surface area contributed by atoms with Crippen LogP contribution in [-0.4, -0.2) is 29.1 Å². The second-order valence-corrected chi connectivity index (χ2v) is 3.84. The number of hydrogen-bond acceptors (Lipinski definition) is 4. The van der Waals surface area contributed by atoms with Crippen molar-refractivity contribution in [2.45, 2.75) is 0 Å². The Bertz CT molecular complexity index is 620. The molecule has 5 nitrogen and oxygen atoms in total. The van der Waals surface area contributed by atoms with Crippen molar-refractivity contribution >= 4 is 11.9 Å². The van der Waals surface area contributed by atoms with Crippen LogP contribution < -0.4 is 0 Å². The molecule has 5 heteroatoms. The number of carboxylic acids is 1. The number of carboxylic acid groups (broad SMARTS) is 1. The summed E-state index contributed by atoms with van der Waals surface area (Å²) in [5.74, 6) is -1.44. The number of carbonyl (C=O) groups is 2. The highest BCUT2D eigenvalue weighted by molar-refractivity contribution is 5.91. The second-order valence-electron chi connectivity index (χ2n) is 3.84. The van der Waals surface area contributed by atoms with Gasteiger partial charge in [0.1, 0.15) is 0 Å². The Balaban J connectivity index is 2.34. The summed E-state index contributed by atoms with van der Waals surface area (Å²) in [4.78, 5) is 26.0. The Morgan fingerprint density at radius 2 is 1.74 bits per heavy atom. The summed E-state index contributed by atoms with van der Waals surface area (Å²) >= 11 is 0. The first-order valence-corrected chi connectivity index (χ1v) is 5.49. The van der Waals surface area contributed by atoms with E-state index in [1.807, 2.05) is 0 Å². The van der Waals surface area contributed by atoms with E-state index in [0.717, 1.165) is 5.56 Å². The summed E-state index contributed by atoms with van der Waals surface area (Å²) in [7, 11) is 1.32. The van der Waals surface area contributed by atoms with Crippen molar-refractivity contribution < 1.29 is 19.4 Å². The highest BCUT2D eigenvalue weighted by Gasteiger charge is 2.08. The molecule has 0 bridgehead atoms. The maximum absolute atomic E-state index is 11.3. The van der Waals surface area contributed by atoms with Gasteiger partial charge in [-0.25, -0.2) is 9.59 Å². The highest BCUT2D eigenvalue weighted by Crippen LogP contribution is 2.20.